The van der Waals surface area contributed by atoms with Crippen molar-refractivity contribution in [3.8, 4) is 0 Å². The Morgan fingerprint density at radius 1 is 1.41 bits per heavy atom. The molecule has 1 aliphatic rings. The highest BCUT2D eigenvalue weighted by atomic mass is 16.2. The minimum atomic E-state index is 0.257. The molecule has 2 heterocycles. The molecule has 1 amide bonds. The van der Waals surface area contributed by atoms with Crippen molar-refractivity contribution in [2.24, 2.45) is 0 Å². The van der Waals surface area contributed by atoms with E-state index in [1.807, 2.05) is 18.1 Å². The molecule has 1 fully saturated rings. The number of amides is 1. The van der Waals surface area contributed by atoms with Crippen LogP contribution in [-0.2, 0) is 4.79 Å². The van der Waals surface area contributed by atoms with Crippen LogP contribution in [0.2, 0.25) is 0 Å². The largest absolute Gasteiger partial charge is 0.345 e. The Bertz CT molecular complexity index is 397. The van der Waals surface area contributed by atoms with Gasteiger partial charge in [0.1, 0.15) is 0 Å². The minimum Gasteiger partial charge on any atom is -0.345 e. The van der Waals surface area contributed by atoms with E-state index in [2.05, 4.69) is 31.0 Å². The molecule has 1 saturated heterocycles. The van der Waals surface area contributed by atoms with Crippen molar-refractivity contribution < 1.29 is 4.79 Å². The second-order valence-corrected chi connectivity index (χ2v) is 5.18. The Hall–Kier alpha value is -1.38. The van der Waals surface area contributed by atoms with Crippen LogP contribution in [0.5, 0.6) is 0 Å². The molecular weight excluding hydrogens is 212 g/mol. The van der Waals surface area contributed by atoms with Crippen LogP contribution in [0, 0.1) is 0 Å². The third-order valence-corrected chi connectivity index (χ3v) is 3.50. The number of aromatic nitrogens is 1. The van der Waals surface area contributed by atoms with Crippen LogP contribution in [0.15, 0.2) is 18.3 Å². The molecule has 1 unspecified atom stereocenters. The lowest BCUT2D eigenvalue weighted by Crippen LogP contribution is -2.35. The van der Waals surface area contributed by atoms with Crippen molar-refractivity contribution in [1.29, 1.82) is 0 Å². The van der Waals surface area contributed by atoms with E-state index in [1.54, 1.807) is 0 Å². The van der Waals surface area contributed by atoms with Crippen molar-refractivity contribution in [2.45, 2.75) is 38.5 Å². The minimum absolute atomic E-state index is 0.257. The van der Waals surface area contributed by atoms with E-state index in [0.29, 0.717) is 18.3 Å². The summed E-state index contributed by atoms with van der Waals surface area (Å²) < 4.78 is 0. The van der Waals surface area contributed by atoms with Crippen LogP contribution < -0.4 is 0 Å². The van der Waals surface area contributed by atoms with Crippen LogP contribution in [0.3, 0.4) is 0 Å². The highest BCUT2D eigenvalue weighted by Gasteiger charge is 2.24. The van der Waals surface area contributed by atoms with Crippen LogP contribution in [0.25, 0.3) is 0 Å². The Morgan fingerprint density at radius 2 is 2.18 bits per heavy atom. The van der Waals surface area contributed by atoms with Gasteiger partial charge in [0.2, 0.25) is 5.91 Å². The molecule has 92 valence electrons. The molecule has 0 bridgehead atoms. The number of likely N-dealkylation sites (N-methyl/N-ethyl adjacent to an activating group) is 1. The number of hydrogen-bond acceptors (Lipinski definition) is 2. The number of likely N-dealkylation sites (tertiary alicyclic amines) is 1. The molecule has 0 N–H and O–H groups in total. The molecule has 3 nitrogen and oxygen atoms in total. The fourth-order valence-electron chi connectivity index (χ4n) is 2.28. The maximum atomic E-state index is 11.4. The maximum Gasteiger partial charge on any atom is 0.222 e. The van der Waals surface area contributed by atoms with E-state index in [4.69, 9.17) is 0 Å². The lowest BCUT2D eigenvalue weighted by atomic mass is 9.91. The predicted molar refractivity (Wildman–Crippen MR) is 67.9 cm³/mol. The number of piperidine rings is 1. The van der Waals surface area contributed by atoms with Gasteiger partial charge in [-0.1, -0.05) is 19.9 Å². The average Bonchev–Trinajstić information content (AvgIpc) is 2.33. The smallest absolute Gasteiger partial charge is 0.222 e. The number of pyridine rings is 1. The molecule has 1 atom stereocenters. The van der Waals surface area contributed by atoms with Crippen LogP contribution in [0.1, 0.15) is 49.8 Å². The fraction of sp³-hybridized carbons (Fsp3) is 0.571. The highest BCUT2D eigenvalue weighted by Crippen LogP contribution is 2.26. The number of carbonyl (C=O) groups is 1. The Labute approximate surface area is 103 Å². The van der Waals surface area contributed by atoms with Crippen molar-refractivity contribution in [3.63, 3.8) is 0 Å². The second kappa shape index (κ2) is 4.86. The molecule has 1 aromatic heterocycles. The summed E-state index contributed by atoms with van der Waals surface area (Å²) in [4.78, 5) is 17.7. The molecule has 0 aliphatic carbocycles. The number of rotatable bonds is 2. The first-order valence-electron chi connectivity index (χ1n) is 6.27. The van der Waals surface area contributed by atoms with Crippen LogP contribution in [-0.4, -0.2) is 29.4 Å². The Morgan fingerprint density at radius 3 is 2.71 bits per heavy atom. The monoisotopic (exact) mass is 232 g/mol. The molecule has 0 radical (unpaired) electrons. The van der Waals surface area contributed by atoms with Crippen LogP contribution in [0.4, 0.5) is 0 Å². The summed E-state index contributed by atoms with van der Waals surface area (Å²) in [5, 5.41) is 0. The second-order valence-electron chi connectivity index (χ2n) is 5.18. The lowest BCUT2D eigenvalue weighted by Gasteiger charge is -2.29. The summed E-state index contributed by atoms with van der Waals surface area (Å²) >= 11 is 0. The predicted octanol–water partition coefficient (Wildman–Crippen LogP) is 2.54. The molecule has 2 rings (SSSR count). The first kappa shape index (κ1) is 12.1. The molecule has 1 aromatic rings. The SMILES string of the molecule is CC(C)c1ccc(C2CCC(=O)N(C)C2)cn1. The molecule has 0 spiro atoms. The van der Waals surface area contributed by atoms with Gasteiger partial charge >= 0.3 is 0 Å². The van der Waals surface area contributed by atoms with Gasteiger partial charge in [-0.05, 0) is 24.0 Å². The molecule has 3 heteroatoms. The van der Waals surface area contributed by atoms with Gasteiger partial charge in [0.25, 0.3) is 0 Å². The fourth-order valence-corrected chi connectivity index (χ4v) is 2.28. The number of nitrogens with zero attached hydrogens (tertiary/aromatic N) is 2. The van der Waals surface area contributed by atoms with Gasteiger partial charge in [-0.15, -0.1) is 0 Å². The van der Waals surface area contributed by atoms with Gasteiger partial charge in [0, 0.05) is 37.8 Å². The van der Waals surface area contributed by atoms with Crippen molar-refractivity contribution in [2.75, 3.05) is 13.6 Å². The molecule has 1 aliphatic heterocycles. The van der Waals surface area contributed by atoms with Gasteiger partial charge in [0.05, 0.1) is 0 Å². The van der Waals surface area contributed by atoms with Gasteiger partial charge < -0.3 is 4.90 Å². The first-order chi connectivity index (χ1) is 8.08. The maximum absolute atomic E-state index is 11.4. The average molecular weight is 232 g/mol. The summed E-state index contributed by atoms with van der Waals surface area (Å²) in [6, 6.07) is 4.27. The highest BCUT2D eigenvalue weighted by molar-refractivity contribution is 5.76. The molecule has 0 aromatic carbocycles. The molecule has 17 heavy (non-hydrogen) atoms. The number of hydrogen-bond donors (Lipinski definition) is 0. The third-order valence-electron chi connectivity index (χ3n) is 3.50. The lowest BCUT2D eigenvalue weighted by molar-refractivity contribution is -0.132. The third kappa shape index (κ3) is 2.65. The first-order valence-corrected chi connectivity index (χ1v) is 6.27. The molecule has 0 saturated carbocycles. The van der Waals surface area contributed by atoms with E-state index >= 15 is 0 Å². The van der Waals surface area contributed by atoms with Crippen molar-refractivity contribution in [3.05, 3.63) is 29.6 Å². The quantitative estimate of drug-likeness (QED) is 0.785. The van der Waals surface area contributed by atoms with E-state index in [1.165, 1.54) is 5.56 Å². The Balaban J connectivity index is 2.10. The normalized spacial score (nSPS) is 21.1. The van der Waals surface area contributed by atoms with Crippen LogP contribution >= 0.6 is 0 Å². The summed E-state index contributed by atoms with van der Waals surface area (Å²) in [5.41, 5.74) is 2.39. The van der Waals surface area contributed by atoms with E-state index in [0.717, 1.165) is 18.7 Å². The molecular formula is C14H20N2O. The van der Waals surface area contributed by atoms with Gasteiger partial charge in [-0.3, -0.25) is 9.78 Å². The number of carbonyl (C=O) groups excluding carboxylic acids is 1. The van der Waals surface area contributed by atoms with Crippen molar-refractivity contribution in [1.82, 2.24) is 9.88 Å². The zero-order chi connectivity index (χ0) is 12.4. The zero-order valence-electron chi connectivity index (χ0n) is 10.8. The van der Waals surface area contributed by atoms with E-state index in [9.17, 15) is 4.79 Å². The topological polar surface area (TPSA) is 33.2 Å². The summed E-state index contributed by atoms with van der Waals surface area (Å²) in [5.74, 6) is 1.18. The summed E-state index contributed by atoms with van der Waals surface area (Å²) in [6.45, 7) is 5.12. The summed E-state index contributed by atoms with van der Waals surface area (Å²) in [7, 11) is 1.88. The Kier molecular flexibility index (Phi) is 3.46. The van der Waals surface area contributed by atoms with E-state index < -0.39 is 0 Å². The van der Waals surface area contributed by atoms with Gasteiger partial charge in [-0.2, -0.15) is 0 Å². The van der Waals surface area contributed by atoms with Crippen molar-refractivity contribution >= 4 is 5.91 Å². The standard InChI is InChI=1S/C14H20N2O/c1-10(2)13-6-4-11(8-15-13)12-5-7-14(17)16(3)9-12/h4,6,8,10,12H,5,7,9H2,1-3H3. The summed E-state index contributed by atoms with van der Waals surface area (Å²) in [6.07, 6.45) is 3.59. The van der Waals surface area contributed by atoms with Gasteiger partial charge in [0.15, 0.2) is 0 Å². The van der Waals surface area contributed by atoms with E-state index in [-0.39, 0.29) is 5.91 Å². The van der Waals surface area contributed by atoms with Gasteiger partial charge in [-0.25, -0.2) is 0 Å². The zero-order valence-corrected chi connectivity index (χ0v) is 10.8.